The molecule has 0 aliphatic heterocycles. The van der Waals surface area contributed by atoms with Gasteiger partial charge >= 0.3 is 0 Å². The standard InChI is InChI=1S/C6H12BrClO/c1-6(2,3-7)4-9-5-8/h3-5H2,1-2H3. The summed E-state index contributed by atoms with van der Waals surface area (Å²) >= 11 is 8.71. The van der Waals surface area contributed by atoms with Crippen LogP contribution >= 0.6 is 27.5 Å². The Labute approximate surface area is 69.8 Å². The minimum atomic E-state index is 0.203. The highest BCUT2D eigenvalue weighted by molar-refractivity contribution is 9.09. The molecule has 0 heterocycles. The van der Waals surface area contributed by atoms with Gasteiger partial charge < -0.3 is 4.74 Å². The van der Waals surface area contributed by atoms with Crippen LogP contribution in [0.4, 0.5) is 0 Å². The zero-order chi connectivity index (χ0) is 7.33. The monoisotopic (exact) mass is 214 g/mol. The predicted octanol–water partition coefficient (Wildman–Crippen LogP) is 2.62. The number of ether oxygens (including phenoxy) is 1. The van der Waals surface area contributed by atoms with E-state index >= 15 is 0 Å². The molecule has 0 N–H and O–H groups in total. The van der Waals surface area contributed by atoms with Crippen LogP contribution in [0.2, 0.25) is 0 Å². The van der Waals surface area contributed by atoms with Gasteiger partial charge in [-0.1, -0.05) is 41.4 Å². The fourth-order valence-electron chi connectivity index (χ4n) is 0.353. The number of hydrogen-bond donors (Lipinski definition) is 0. The topological polar surface area (TPSA) is 9.23 Å². The third-order valence-electron chi connectivity index (χ3n) is 0.932. The third-order valence-corrected chi connectivity index (χ3v) is 2.60. The summed E-state index contributed by atoms with van der Waals surface area (Å²) in [7, 11) is 0. The average molecular weight is 216 g/mol. The summed E-state index contributed by atoms with van der Waals surface area (Å²) in [5, 5.41) is 0.941. The normalized spacial score (nSPS) is 12.0. The van der Waals surface area contributed by atoms with E-state index in [0.717, 1.165) is 5.33 Å². The Morgan fingerprint density at radius 3 is 2.44 bits per heavy atom. The molecule has 0 rings (SSSR count). The van der Waals surface area contributed by atoms with Crippen molar-refractivity contribution in [3.05, 3.63) is 0 Å². The van der Waals surface area contributed by atoms with E-state index in [1.54, 1.807) is 0 Å². The number of rotatable bonds is 4. The van der Waals surface area contributed by atoms with Crippen LogP contribution in [0.3, 0.4) is 0 Å². The summed E-state index contributed by atoms with van der Waals surface area (Å²) in [6.07, 6.45) is 0. The Bertz CT molecular complexity index is 75.5. The van der Waals surface area contributed by atoms with Crippen LogP contribution in [0.25, 0.3) is 0 Å². The lowest BCUT2D eigenvalue weighted by Gasteiger charge is -2.19. The van der Waals surface area contributed by atoms with Crippen molar-refractivity contribution in [3.63, 3.8) is 0 Å². The third kappa shape index (κ3) is 5.19. The first-order valence-electron chi connectivity index (χ1n) is 2.82. The first-order chi connectivity index (χ1) is 4.12. The van der Waals surface area contributed by atoms with Gasteiger partial charge in [-0.05, 0) is 5.41 Å². The molecular formula is C6H12BrClO. The summed E-state index contributed by atoms with van der Waals surface area (Å²) in [5.41, 5.74) is 0.203. The molecule has 9 heavy (non-hydrogen) atoms. The zero-order valence-electron chi connectivity index (χ0n) is 5.79. The van der Waals surface area contributed by atoms with Crippen molar-refractivity contribution in [2.75, 3.05) is 18.0 Å². The second kappa shape index (κ2) is 4.53. The summed E-state index contributed by atoms with van der Waals surface area (Å²) in [4.78, 5) is 0. The van der Waals surface area contributed by atoms with E-state index in [0.29, 0.717) is 6.61 Å². The molecule has 0 amide bonds. The zero-order valence-corrected chi connectivity index (χ0v) is 8.13. The first kappa shape index (κ1) is 9.73. The maximum absolute atomic E-state index is 5.33. The summed E-state index contributed by atoms with van der Waals surface area (Å²) in [6.45, 7) is 4.95. The van der Waals surface area contributed by atoms with Gasteiger partial charge in [0, 0.05) is 5.33 Å². The van der Waals surface area contributed by atoms with Gasteiger partial charge in [-0.15, -0.1) is 0 Å². The van der Waals surface area contributed by atoms with Crippen LogP contribution in [0.15, 0.2) is 0 Å². The van der Waals surface area contributed by atoms with Crippen LogP contribution in [0.1, 0.15) is 13.8 Å². The maximum Gasteiger partial charge on any atom is 0.120 e. The van der Waals surface area contributed by atoms with E-state index < -0.39 is 0 Å². The van der Waals surface area contributed by atoms with Gasteiger partial charge in [0.25, 0.3) is 0 Å². The molecule has 1 nitrogen and oxygen atoms in total. The molecular weight excluding hydrogens is 203 g/mol. The second-order valence-electron chi connectivity index (χ2n) is 2.76. The lowest BCUT2D eigenvalue weighted by Crippen LogP contribution is -2.20. The van der Waals surface area contributed by atoms with Gasteiger partial charge in [0.2, 0.25) is 0 Å². The molecule has 0 saturated heterocycles. The molecule has 0 spiro atoms. The Morgan fingerprint density at radius 2 is 2.11 bits per heavy atom. The molecule has 0 aromatic heterocycles. The van der Waals surface area contributed by atoms with Gasteiger partial charge in [0.1, 0.15) is 6.07 Å². The molecule has 0 unspecified atom stereocenters. The fourth-order valence-corrected chi connectivity index (χ4v) is 0.592. The molecule has 0 aromatic rings. The van der Waals surface area contributed by atoms with Gasteiger partial charge in [-0.25, -0.2) is 0 Å². The molecule has 0 bridgehead atoms. The number of halogens is 2. The Kier molecular flexibility index (Phi) is 4.90. The highest BCUT2D eigenvalue weighted by Gasteiger charge is 2.15. The Balaban J connectivity index is 3.33. The van der Waals surface area contributed by atoms with Crippen molar-refractivity contribution >= 4 is 27.5 Å². The Morgan fingerprint density at radius 1 is 1.56 bits per heavy atom. The van der Waals surface area contributed by atoms with Crippen molar-refractivity contribution < 1.29 is 4.74 Å². The lowest BCUT2D eigenvalue weighted by molar-refractivity contribution is 0.106. The molecule has 3 heteroatoms. The maximum atomic E-state index is 5.33. The lowest BCUT2D eigenvalue weighted by atomic mass is 9.99. The molecule has 0 atom stereocenters. The second-order valence-corrected chi connectivity index (χ2v) is 3.53. The highest BCUT2D eigenvalue weighted by Crippen LogP contribution is 2.17. The first-order valence-corrected chi connectivity index (χ1v) is 4.47. The van der Waals surface area contributed by atoms with Crippen molar-refractivity contribution in [1.29, 1.82) is 0 Å². The van der Waals surface area contributed by atoms with E-state index in [1.807, 2.05) is 0 Å². The Hall–Kier alpha value is 0.730. The number of alkyl halides is 2. The van der Waals surface area contributed by atoms with Gasteiger partial charge in [-0.3, -0.25) is 0 Å². The van der Waals surface area contributed by atoms with Crippen LogP contribution in [0.5, 0.6) is 0 Å². The van der Waals surface area contributed by atoms with E-state index in [4.69, 9.17) is 16.3 Å². The van der Waals surface area contributed by atoms with E-state index in [1.165, 1.54) is 0 Å². The highest BCUT2D eigenvalue weighted by atomic mass is 79.9. The van der Waals surface area contributed by atoms with Crippen LogP contribution in [0, 0.1) is 5.41 Å². The molecule has 0 fully saturated rings. The van der Waals surface area contributed by atoms with Gasteiger partial charge in [-0.2, -0.15) is 0 Å². The minimum absolute atomic E-state index is 0.203. The smallest absolute Gasteiger partial charge is 0.120 e. The molecule has 0 aromatic carbocycles. The van der Waals surface area contributed by atoms with Crippen LogP contribution in [-0.4, -0.2) is 18.0 Å². The summed E-state index contributed by atoms with van der Waals surface area (Å²) in [5.74, 6) is 0. The van der Waals surface area contributed by atoms with Crippen molar-refractivity contribution in [1.82, 2.24) is 0 Å². The van der Waals surface area contributed by atoms with Crippen molar-refractivity contribution in [2.24, 2.45) is 5.41 Å². The quantitative estimate of drug-likeness (QED) is 0.655. The summed E-state index contributed by atoms with van der Waals surface area (Å²) < 4.78 is 5.02. The van der Waals surface area contributed by atoms with Crippen LogP contribution in [-0.2, 0) is 4.74 Å². The van der Waals surface area contributed by atoms with E-state index in [9.17, 15) is 0 Å². The molecule has 56 valence electrons. The van der Waals surface area contributed by atoms with E-state index in [-0.39, 0.29) is 11.5 Å². The fraction of sp³-hybridized carbons (Fsp3) is 1.00. The van der Waals surface area contributed by atoms with Gasteiger partial charge in [0.15, 0.2) is 0 Å². The van der Waals surface area contributed by atoms with Crippen molar-refractivity contribution in [2.45, 2.75) is 13.8 Å². The van der Waals surface area contributed by atoms with Gasteiger partial charge in [0.05, 0.1) is 6.61 Å². The van der Waals surface area contributed by atoms with Crippen molar-refractivity contribution in [3.8, 4) is 0 Å². The molecule has 0 saturated carbocycles. The van der Waals surface area contributed by atoms with Crippen LogP contribution < -0.4 is 0 Å². The average Bonchev–Trinajstić information content (AvgIpc) is 1.84. The summed E-state index contributed by atoms with van der Waals surface area (Å²) in [6, 6.07) is 0.288. The SMILES string of the molecule is CC(C)(CBr)COCCl. The predicted molar refractivity (Wildman–Crippen MR) is 44.2 cm³/mol. The number of hydrogen-bond acceptors (Lipinski definition) is 1. The van der Waals surface area contributed by atoms with E-state index in [2.05, 4.69) is 29.8 Å². The molecule has 0 aliphatic rings. The molecule has 0 aliphatic carbocycles. The minimum Gasteiger partial charge on any atom is -0.365 e. The largest absolute Gasteiger partial charge is 0.365 e. The molecule has 0 radical (unpaired) electrons.